The lowest BCUT2D eigenvalue weighted by Crippen LogP contribution is -2.48. The number of piperidine rings is 1. The van der Waals surface area contributed by atoms with Gasteiger partial charge in [0.25, 0.3) is 5.91 Å². The molecule has 0 saturated carbocycles. The predicted octanol–water partition coefficient (Wildman–Crippen LogP) is 1.71. The quantitative estimate of drug-likeness (QED) is 0.284. The second-order valence-corrected chi connectivity index (χ2v) is 10.2. The Labute approximate surface area is 203 Å². The van der Waals surface area contributed by atoms with Crippen LogP contribution in [-0.4, -0.2) is 62.7 Å². The predicted molar refractivity (Wildman–Crippen MR) is 130 cm³/mol. The smallest absolute Gasteiger partial charge is 0.323 e. The summed E-state index contributed by atoms with van der Waals surface area (Å²) < 4.78 is 33.0. The number of fused-ring (bicyclic) bond motifs is 1. The number of rotatable bonds is 10. The molecule has 1 amide bonds. The molecule has 0 bridgehead atoms. The van der Waals surface area contributed by atoms with Crippen LogP contribution in [0.15, 0.2) is 59.5 Å². The number of carboxylic acids is 1. The summed E-state index contributed by atoms with van der Waals surface area (Å²) in [5.74, 6) is -0.745. The Hall–Kier alpha value is -3.41. The lowest BCUT2D eigenvalue weighted by molar-refractivity contribution is -0.138. The first-order valence-electron chi connectivity index (χ1n) is 11.4. The second-order valence-electron chi connectivity index (χ2n) is 8.47. The number of aromatic nitrogens is 1. The Balaban J connectivity index is 1.37. The molecule has 0 aliphatic carbocycles. The maximum atomic E-state index is 12.6. The molecule has 1 aliphatic rings. The van der Waals surface area contributed by atoms with Crippen LogP contribution in [0.3, 0.4) is 0 Å². The molecule has 1 aromatic heterocycles. The molecule has 0 spiro atoms. The van der Waals surface area contributed by atoms with Gasteiger partial charge < -0.3 is 25.5 Å². The molecule has 35 heavy (non-hydrogen) atoms. The molecular formula is C24H28N4O6S. The van der Waals surface area contributed by atoms with Crippen LogP contribution < -0.4 is 20.1 Å². The molecule has 10 nitrogen and oxygen atoms in total. The average Bonchev–Trinajstić information content (AvgIpc) is 3.30. The van der Waals surface area contributed by atoms with E-state index in [1.807, 2.05) is 18.2 Å². The summed E-state index contributed by atoms with van der Waals surface area (Å²) in [6.45, 7) is 2.20. The van der Waals surface area contributed by atoms with Crippen LogP contribution in [0.5, 0.6) is 5.75 Å². The summed E-state index contributed by atoms with van der Waals surface area (Å²) in [5.41, 5.74) is 0.933. The van der Waals surface area contributed by atoms with Gasteiger partial charge in [0.2, 0.25) is 10.0 Å². The Morgan fingerprint density at radius 3 is 2.54 bits per heavy atom. The largest absolute Gasteiger partial charge is 0.493 e. The molecule has 3 aromatic rings. The van der Waals surface area contributed by atoms with Crippen LogP contribution in [0.1, 0.15) is 23.3 Å². The number of amides is 1. The topological polar surface area (TPSA) is 150 Å². The number of aromatic amines is 1. The van der Waals surface area contributed by atoms with Crippen molar-refractivity contribution in [3.8, 4) is 5.75 Å². The zero-order valence-electron chi connectivity index (χ0n) is 19.0. The minimum Gasteiger partial charge on any atom is -0.493 e. The van der Waals surface area contributed by atoms with Gasteiger partial charge in [-0.25, -0.2) is 8.42 Å². The first-order chi connectivity index (χ1) is 16.8. The molecule has 2 heterocycles. The third-order valence-corrected chi connectivity index (χ3v) is 7.39. The average molecular weight is 501 g/mol. The third kappa shape index (κ3) is 6.38. The van der Waals surface area contributed by atoms with E-state index in [1.54, 1.807) is 12.1 Å². The van der Waals surface area contributed by atoms with E-state index < -0.39 is 34.5 Å². The summed E-state index contributed by atoms with van der Waals surface area (Å²) >= 11 is 0. The van der Waals surface area contributed by atoms with Gasteiger partial charge in [-0.3, -0.25) is 9.59 Å². The molecular weight excluding hydrogens is 472 g/mol. The van der Waals surface area contributed by atoms with Crippen molar-refractivity contribution in [2.45, 2.75) is 23.8 Å². The summed E-state index contributed by atoms with van der Waals surface area (Å²) in [6, 6.07) is 13.0. The minimum absolute atomic E-state index is 0.0635. The van der Waals surface area contributed by atoms with Gasteiger partial charge in [-0.2, -0.15) is 4.72 Å². The number of H-pyrrole nitrogens is 1. The number of hydrogen-bond acceptors (Lipinski definition) is 6. The highest BCUT2D eigenvalue weighted by Crippen LogP contribution is 2.23. The molecule has 1 fully saturated rings. The van der Waals surface area contributed by atoms with E-state index >= 15 is 0 Å². The lowest BCUT2D eigenvalue weighted by atomic mass is 9.99. The van der Waals surface area contributed by atoms with Gasteiger partial charge in [0.05, 0.1) is 11.5 Å². The van der Waals surface area contributed by atoms with E-state index in [9.17, 15) is 23.1 Å². The third-order valence-electron chi connectivity index (χ3n) is 5.90. The van der Waals surface area contributed by atoms with E-state index in [1.165, 1.54) is 24.3 Å². The van der Waals surface area contributed by atoms with Crippen LogP contribution in [0.2, 0.25) is 0 Å². The highest BCUT2D eigenvalue weighted by molar-refractivity contribution is 7.89. The van der Waals surface area contributed by atoms with Gasteiger partial charge in [0.1, 0.15) is 17.5 Å². The Morgan fingerprint density at radius 2 is 1.83 bits per heavy atom. The number of sulfonamides is 1. The number of hydrogen-bond donors (Lipinski definition) is 5. The van der Waals surface area contributed by atoms with Crippen molar-refractivity contribution in [1.29, 1.82) is 0 Å². The lowest BCUT2D eigenvalue weighted by Gasteiger charge is -2.22. The van der Waals surface area contributed by atoms with E-state index in [4.69, 9.17) is 4.74 Å². The van der Waals surface area contributed by atoms with Crippen molar-refractivity contribution in [3.05, 3.63) is 60.3 Å². The minimum atomic E-state index is -4.06. The van der Waals surface area contributed by atoms with Crippen molar-refractivity contribution in [1.82, 2.24) is 20.3 Å². The zero-order chi connectivity index (χ0) is 24.8. The fourth-order valence-corrected chi connectivity index (χ4v) is 5.12. The fourth-order valence-electron chi connectivity index (χ4n) is 3.91. The fraction of sp³-hybridized carbons (Fsp3) is 0.333. The van der Waals surface area contributed by atoms with Gasteiger partial charge >= 0.3 is 5.97 Å². The van der Waals surface area contributed by atoms with Crippen molar-refractivity contribution in [2.75, 3.05) is 26.2 Å². The molecule has 1 aliphatic heterocycles. The first-order valence-corrected chi connectivity index (χ1v) is 12.8. The van der Waals surface area contributed by atoms with Crippen LogP contribution in [0.4, 0.5) is 0 Å². The molecule has 0 unspecified atom stereocenters. The van der Waals surface area contributed by atoms with Gasteiger partial charge in [-0.05, 0) is 62.2 Å². The zero-order valence-corrected chi connectivity index (χ0v) is 19.8. The highest BCUT2D eigenvalue weighted by Gasteiger charge is 2.26. The maximum absolute atomic E-state index is 12.6. The normalized spacial score (nSPS) is 15.5. The van der Waals surface area contributed by atoms with E-state index in [2.05, 4.69) is 20.3 Å². The summed E-state index contributed by atoms with van der Waals surface area (Å²) in [7, 11) is -4.06. The van der Waals surface area contributed by atoms with E-state index in [-0.39, 0.29) is 10.6 Å². The molecule has 1 atom stereocenters. The highest BCUT2D eigenvalue weighted by atomic mass is 32.2. The molecule has 1 saturated heterocycles. The SMILES string of the molecule is O=C(NC[C@H](NS(=O)(=O)c1ccccc1)C(=O)O)c1cc2ccc(OCC3CCNCC3)cc2[nH]1. The Morgan fingerprint density at radius 1 is 1.09 bits per heavy atom. The van der Waals surface area contributed by atoms with Gasteiger partial charge in [0.15, 0.2) is 0 Å². The van der Waals surface area contributed by atoms with Crippen molar-refractivity contribution >= 4 is 32.8 Å². The Bertz CT molecular complexity index is 1290. The van der Waals surface area contributed by atoms with Gasteiger partial charge in [0, 0.05) is 23.5 Å². The number of carbonyl (C=O) groups excluding carboxylic acids is 1. The summed E-state index contributed by atoms with van der Waals surface area (Å²) in [4.78, 5) is 27.2. The molecule has 11 heteroatoms. The molecule has 186 valence electrons. The monoisotopic (exact) mass is 500 g/mol. The standard InChI is InChI=1S/C24H28N4O6S/c29-23(26-14-22(24(30)31)28-35(32,33)19-4-2-1-3-5-19)21-12-17-6-7-18(13-20(17)27-21)34-15-16-8-10-25-11-9-16/h1-7,12-13,16,22,25,27-28H,8-11,14-15H2,(H,26,29)(H,30,31)/t22-/m0/s1. The van der Waals surface area contributed by atoms with E-state index in [0.717, 1.165) is 31.3 Å². The van der Waals surface area contributed by atoms with Crippen LogP contribution in [0, 0.1) is 5.92 Å². The summed E-state index contributed by atoms with van der Waals surface area (Å²) in [6.07, 6.45) is 2.15. The second kappa shape index (κ2) is 10.9. The van der Waals surface area contributed by atoms with Crippen molar-refractivity contribution in [2.24, 2.45) is 5.92 Å². The van der Waals surface area contributed by atoms with Gasteiger partial charge in [-0.15, -0.1) is 0 Å². The van der Waals surface area contributed by atoms with Crippen molar-refractivity contribution < 1.29 is 27.9 Å². The molecule has 2 aromatic carbocycles. The number of aliphatic carboxylic acids is 1. The molecule has 5 N–H and O–H groups in total. The number of ether oxygens (including phenoxy) is 1. The maximum Gasteiger partial charge on any atom is 0.323 e. The number of benzene rings is 2. The molecule has 0 radical (unpaired) electrons. The van der Waals surface area contributed by atoms with E-state index in [0.29, 0.717) is 23.8 Å². The van der Waals surface area contributed by atoms with Crippen LogP contribution in [0.25, 0.3) is 10.9 Å². The van der Waals surface area contributed by atoms with Crippen LogP contribution in [-0.2, 0) is 14.8 Å². The number of carbonyl (C=O) groups is 2. The number of carboxylic acid groups (broad SMARTS) is 1. The van der Waals surface area contributed by atoms with Gasteiger partial charge in [-0.1, -0.05) is 18.2 Å². The molecule has 4 rings (SSSR count). The Kier molecular flexibility index (Phi) is 7.69. The first kappa shape index (κ1) is 24.7. The number of nitrogens with one attached hydrogen (secondary N) is 4. The summed E-state index contributed by atoms with van der Waals surface area (Å²) in [5, 5.41) is 16.1. The van der Waals surface area contributed by atoms with Crippen LogP contribution >= 0.6 is 0 Å². The van der Waals surface area contributed by atoms with Crippen molar-refractivity contribution in [3.63, 3.8) is 0 Å².